The molecule has 0 aliphatic heterocycles. The van der Waals surface area contributed by atoms with Crippen molar-refractivity contribution in [3.63, 3.8) is 0 Å². The summed E-state index contributed by atoms with van der Waals surface area (Å²) in [6, 6.07) is 0. The number of quaternary nitrogens is 1. The smallest absolute Gasteiger partial charge is 0.306 e. The van der Waals surface area contributed by atoms with Crippen molar-refractivity contribution in [2.24, 2.45) is 0 Å². The summed E-state index contributed by atoms with van der Waals surface area (Å²) in [4.78, 5) is 25.2. The summed E-state index contributed by atoms with van der Waals surface area (Å²) >= 11 is 0. The Hall–Kier alpha value is -2.32. The number of allylic oxidation sites excluding steroid dienone is 14. The van der Waals surface area contributed by atoms with Crippen LogP contribution in [0.25, 0.3) is 0 Å². The van der Waals surface area contributed by atoms with Gasteiger partial charge in [0.1, 0.15) is 19.3 Å². The second kappa shape index (κ2) is 48.1. The molecule has 0 saturated heterocycles. The number of ether oxygens (including phenoxy) is 2. The zero-order valence-electron chi connectivity index (χ0n) is 42.7. The fourth-order valence-corrected chi connectivity index (χ4v) is 7.63. The minimum atomic E-state index is -4.55. The van der Waals surface area contributed by atoms with Gasteiger partial charge >= 0.3 is 5.97 Å². The molecule has 0 heterocycles. The maximum absolute atomic E-state index is 12.7. The Morgan fingerprint density at radius 3 is 1.35 bits per heavy atom. The van der Waals surface area contributed by atoms with Gasteiger partial charge in [0.25, 0.3) is 7.82 Å². The number of phosphoric acid groups is 1. The first kappa shape index (κ1) is 62.7. The molecule has 8 nitrogen and oxygen atoms in total. The monoisotopic (exact) mass is 930 g/mol. The molecule has 376 valence electrons. The number of hydrogen-bond donors (Lipinski definition) is 0. The van der Waals surface area contributed by atoms with Crippen molar-refractivity contribution in [2.45, 2.75) is 213 Å². The van der Waals surface area contributed by atoms with E-state index in [1.54, 1.807) is 0 Å². The van der Waals surface area contributed by atoms with Gasteiger partial charge in [0.05, 0.1) is 34.4 Å². The van der Waals surface area contributed by atoms with Gasteiger partial charge < -0.3 is 27.9 Å². The third kappa shape index (κ3) is 52.5. The third-order valence-corrected chi connectivity index (χ3v) is 11.9. The van der Waals surface area contributed by atoms with Crippen LogP contribution >= 0.6 is 7.82 Å². The van der Waals surface area contributed by atoms with Gasteiger partial charge in [-0.1, -0.05) is 195 Å². The first-order chi connectivity index (χ1) is 31.6. The zero-order valence-corrected chi connectivity index (χ0v) is 43.6. The Morgan fingerprint density at radius 1 is 0.492 bits per heavy atom. The molecule has 0 amide bonds. The van der Waals surface area contributed by atoms with E-state index in [0.29, 0.717) is 24.1 Å². The fraction of sp³-hybridized carbons (Fsp3) is 0.732. The molecule has 2 unspecified atom stereocenters. The van der Waals surface area contributed by atoms with Crippen LogP contribution in [0, 0.1) is 0 Å². The molecule has 65 heavy (non-hydrogen) atoms. The van der Waals surface area contributed by atoms with Crippen molar-refractivity contribution in [1.82, 2.24) is 0 Å². The Labute approximate surface area is 401 Å². The van der Waals surface area contributed by atoms with Crippen molar-refractivity contribution >= 4 is 13.8 Å². The van der Waals surface area contributed by atoms with Gasteiger partial charge in [0.15, 0.2) is 0 Å². The Morgan fingerprint density at radius 2 is 0.892 bits per heavy atom. The predicted molar refractivity (Wildman–Crippen MR) is 277 cm³/mol. The van der Waals surface area contributed by atoms with Crippen LogP contribution in [0.15, 0.2) is 85.1 Å². The molecule has 0 rings (SSSR count). The Bertz CT molecular complexity index is 1310. The van der Waals surface area contributed by atoms with Gasteiger partial charge in [-0.05, 0) is 89.9 Å². The minimum absolute atomic E-state index is 0.0132. The molecular formula is C56H100NO7P. The highest BCUT2D eigenvalue weighted by molar-refractivity contribution is 7.45. The predicted octanol–water partition coefficient (Wildman–Crippen LogP) is 15.8. The fourth-order valence-electron chi connectivity index (χ4n) is 6.90. The SMILES string of the molecule is CC/C=C\C/C=C\C/C=C\C/C=C\C/C=C\C/C=C\CCCCC(=O)OC(COCCCCCCCCCCCC/C=C\CCCCCCCCCC)COP(=O)([O-])OCC[N+](C)(C)C. The Kier molecular flexibility index (Phi) is 46.4. The molecule has 0 aliphatic carbocycles. The van der Waals surface area contributed by atoms with Gasteiger partial charge in [-0.3, -0.25) is 9.36 Å². The van der Waals surface area contributed by atoms with Crippen LogP contribution in [0.3, 0.4) is 0 Å². The normalized spacial score (nSPS) is 14.2. The number of carbonyl (C=O) groups is 1. The van der Waals surface area contributed by atoms with E-state index in [1.165, 1.54) is 116 Å². The summed E-state index contributed by atoms with van der Waals surface area (Å²) in [5.41, 5.74) is 0. The number of hydrogen-bond acceptors (Lipinski definition) is 7. The average Bonchev–Trinajstić information content (AvgIpc) is 3.27. The van der Waals surface area contributed by atoms with Crippen LogP contribution in [0.5, 0.6) is 0 Å². The maximum Gasteiger partial charge on any atom is 0.306 e. The second-order valence-electron chi connectivity index (χ2n) is 18.5. The lowest BCUT2D eigenvalue weighted by Crippen LogP contribution is -2.37. The second-order valence-corrected chi connectivity index (χ2v) is 19.9. The highest BCUT2D eigenvalue weighted by atomic mass is 31.2. The van der Waals surface area contributed by atoms with Crippen LogP contribution in [0.1, 0.15) is 206 Å². The molecule has 0 aromatic heterocycles. The molecule has 0 fully saturated rings. The molecule has 0 aromatic rings. The van der Waals surface area contributed by atoms with E-state index < -0.39 is 13.9 Å². The molecule has 0 saturated carbocycles. The van der Waals surface area contributed by atoms with Gasteiger partial charge in [0, 0.05) is 13.0 Å². The van der Waals surface area contributed by atoms with Gasteiger partial charge in [0.2, 0.25) is 0 Å². The Balaban J connectivity index is 4.23. The summed E-state index contributed by atoms with van der Waals surface area (Å²) < 4.78 is 34.7. The van der Waals surface area contributed by atoms with Gasteiger partial charge in [-0.15, -0.1) is 0 Å². The minimum Gasteiger partial charge on any atom is -0.756 e. The summed E-state index contributed by atoms with van der Waals surface area (Å²) in [5.74, 6) is -0.377. The van der Waals surface area contributed by atoms with Crippen molar-refractivity contribution in [3.05, 3.63) is 85.1 Å². The van der Waals surface area contributed by atoms with E-state index >= 15 is 0 Å². The van der Waals surface area contributed by atoms with Crippen LogP contribution in [-0.2, 0) is 27.9 Å². The van der Waals surface area contributed by atoms with Gasteiger partial charge in [-0.25, -0.2) is 0 Å². The average molecular weight is 930 g/mol. The third-order valence-electron chi connectivity index (χ3n) is 10.9. The van der Waals surface area contributed by atoms with Crippen molar-refractivity contribution < 1.29 is 37.3 Å². The van der Waals surface area contributed by atoms with Crippen molar-refractivity contribution in [2.75, 3.05) is 54.1 Å². The number of rotatable bonds is 48. The summed E-state index contributed by atoms with van der Waals surface area (Å²) in [6.07, 6.45) is 64.7. The number of carbonyl (C=O) groups excluding carboxylic acids is 1. The molecule has 9 heteroatoms. The number of unbranched alkanes of at least 4 members (excludes halogenated alkanes) is 20. The summed E-state index contributed by atoms with van der Waals surface area (Å²) in [5, 5.41) is 0. The maximum atomic E-state index is 12.7. The lowest BCUT2D eigenvalue weighted by molar-refractivity contribution is -0.870. The molecule has 0 spiro atoms. The first-order valence-electron chi connectivity index (χ1n) is 26.3. The highest BCUT2D eigenvalue weighted by Crippen LogP contribution is 2.38. The standard InChI is InChI=1S/C56H100NO7P/c1-6-8-10-12-14-16-18-20-22-24-26-28-30-32-34-36-38-40-42-44-46-48-51-61-53-55(54-63-65(59,60)62-52-50-57(3,4)5)64-56(58)49-47-45-43-41-39-37-35-33-31-29-27-25-23-21-19-17-15-13-11-9-7-2/h9,11,15,17,21,23-24,26-27,29,33,35,39,41,55H,6-8,10,12-14,16,18-20,22,25,28,30-32,34,36-38,40,42-54H2,1-5H3/b11-9-,17-15-,23-21-,26-24-,29-27-,35-33-,41-39-. The lowest BCUT2D eigenvalue weighted by Gasteiger charge is -2.28. The highest BCUT2D eigenvalue weighted by Gasteiger charge is 2.20. The van der Waals surface area contributed by atoms with E-state index in [4.69, 9.17) is 18.5 Å². The molecule has 0 N–H and O–H groups in total. The summed E-state index contributed by atoms with van der Waals surface area (Å²) in [6.45, 7) is 5.24. The van der Waals surface area contributed by atoms with E-state index in [2.05, 4.69) is 98.9 Å². The van der Waals surface area contributed by atoms with Crippen molar-refractivity contribution in [3.8, 4) is 0 Å². The van der Waals surface area contributed by atoms with Gasteiger partial charge in [-0.2, -0.15) is 0 Å². The molecule has 2 atom stereocenters. The first-order valence-corrected chi connectivity index (χ1v) is 27.8. The molecular weight excluding hydrogens is 830 g/mol. The van der Waals surface area contributed by atoms with E-state index in [-0.39, 0.29) is 32.2 Å². The van der Waals surface area contributed by atoms with E-state index in [0.717, 1.165) is 64.2 Å². The summed E-state index contributed by atoms with van der Waals surface area (Å²) in [7, 11) is 1.32. The number of esters is 1. The quantitative estimate of drug-likeness (QED) is 0.0197. The number of phosphoric ester groups is 1. The van der Waals surface area contributed by atoms with Crippen LogP contribution < -0.4 is 4.89 Å². The topological polar surface area (TPSA) is 94.1 Å². The van der Waals surface area contributed by atoms with Crippen LogP contribution in [-0.4, -0.2) is 70.7 Å². The number of likely N-dealkylation sites (N-methyl/N-ethyl adjacent to an activating group) is 1. The van der Waals surface area contributed by atoms with Crippen LogP contribution in [0.2, 0.25) is 0 Å². The van der Waals surface area contributed by atoms with E-state index in [1.807, 2.05) is 21.1 Å². The molecule has 0 aliphatic rings. The van der Waals surface area contributed by atoms with Crippen molar-refractivity contribution in [1.29, 1.82) is 0 Å². The van der Waals surface area contributed by atoms with E-state index in [9.17, 15) is 14.3 Å². The molecule has 0 aromatic carbocycles. The lowest BCUT2D eigenvalue weighted by atomic mass is 10.1. The largest absolute Gasteiger partial charge is 0.756 e. The molecule has 0 radical (unpaired) electrons. The zero-order chi connectivity index (χ0) is 47.6. The number of nitrogens with zero attached hydrogens (tertiary/aromatic N) is 1. The van der Waals surface area contributed by atoms with Crippen LogP contribution in [0.4, 0.5) is 0 Å². The molecule has 0 bridgehead atoms.